The van der Waals surface area contributed by atoms with Gasteiger partial charge in [0.2, 0.25) is 0 Å². The summed E-state index contributed by atoms with van der Waals surface area (Å²) in [5.74, 6) is 0.426. The number of carbonyl (C=O) groups is 1. The molecule has 3 heteroatoms. The fourth-order valence-corrected chi connectivity index (χ4v) is 4.36. The number of halogens is 1. The summed E-state index contributed by atoms with van der Waals surface area (Å²) >= 11 is 6.59. The minimum atomic E-state index is -0.111. The predicted octanol–water partition coefficient (Wildman–Crippen LogP) is 5.76. The van der Waals surface area contributed by atoms with Crippen molar-refractivity contribution < 1.29 is 9.53 Å². The number of esters is 1. The Kier molecular flexibility index (Phi) is 5.63. The number of benzene rings is 1. The summed E-state index contributed by atoms with van der Waals surface area (Å²) in [5, 5.41) is 0.851. The molecule has 23 heavy (non-hydrogen) atoms. The second kappa shape index (κ2) is 7.70. The Labute approximate surface area is 144 Å². The smallest absolute Gasteiger partial charge is 0.313 e. The van der Waals surface area contributed by atoms with E-state index in [1.807, 2.05) is 0 Å². The third-order valence-corrected chi connectivity index (χ3v) is 5.74. The van der Waals surface area contributed by atoms with Gasteiger partial charge >= 0.3 is 5.97 Å². The van der Waals surface area contributed by atoms with Gasteiger partial charge in [-0.1, -0.05) is 50.3 Å². The van der Waals surface area contributed by atoms with Crippen LogP contribution in [-0.2, 0) is 16.0 Å². The lowest BCUT2D eigenvalue weighted by atomic mass is 9.83. The predicted molar refractivity (Wildman–Crippen MR) is 94.2 cm³/mol. The zero-order valence-electron chi connectivity index (χ0n) is 14.1. The Morgan fingerprint density at radius 3 is 2.70 bits per heavy atom. The third kappa shape index (κ3) is 3.74. The molecule has 126 valence electrons. The number of fused-ring (bicyclic) bond motifs is 1. The number of carbonyl (C=O) groups excluding carboxylic acids is 1. The van der Waals surface area contributed by atoms with E-state index in [0.29, 0.717) is 12.5 Å². The molecule has 0 amide bonds. The van der Waals surface area contributed by atoms with E-state index in [0.717, 1.165) is 36.3 Å². The topological polar surface area (TPSA) is 26.3 Å². The maximum absolute atomic E-state index is 12.3. The first-order chi connectivity index (χ1) is 11.2. The third-order valence-electron chi connectivity index (χ3n) is 5.41. The fourth-order valence-electron chi connectivity index (χ4n) is 4.04. The second-order valence-corrected chi connectivity index (χ2v) is 7.43. The van der Waals surface area contributed by atoms with E-state index >= 15 is 0 Å². The van der Waals surface area contributed by atoms with Crippen LogP contribution in [0.15, 0.2) is 12.1 Å². The summed E-state index contributed by atoms with van der Waals surface area (Å²) in [6, 6.07) is 4.34. The molecule has 1 unspecified atom stereocenters. The number of unbranched alkanes of at least 4 members (excludes halogenated alkanes) is 1. The Hall–Kier alpha value is -1.02. The minimum Gasteiger partial charge on any atom is -0.465 e. The van der Waals surface area contributed by atoms with Gasteiger partial charge in [0.1, 0.15) is 0 Å². The van der Waals surface area contributed by atoms with Gasteiger partial charge in [0.25, 0.3) is 0 Å². The normalized spacial score (nSPS) is 21.2. The largest absolute Gasteiger partial charge is 0.465 e. The Morgan fingerprint density at radius 2 is 1.96 bits per heavy atom. The van der Waals surface area contributed by atoms with Gasteiger partial charge in [0.05, 0.1) is 12.5 Å². The van der Waals surface area contributed by atoms with Crippen LogP contribution in [0.1, 0.15) is 86.8 Å². The first-order valence-electron chi connectivity index (χ1n) is 9.19. The van der Waals surface area contributed by atoms with Crippen molar-refractivity contribution in [3.05, 3.63) is 33.8 Å². The van der Waals surface area contributed by atoms with Crippen LogP contribution in [0, 0.1) is 0 Å². The molecular formula is C20H27ClO2. The van der Waals surface area contributed by atoms with Crippen molar-refractivity contribution in [1.29, 1.82) is 0 Å². The molecule has 2 aliphatic carbocycles. The van der Waals surface area contributed by atoms with Crippen LogP contribution < -0.4 is 0 Å². The van der Waals surface area contributed by atoms with Crippen molar-refractivity contribution in [2.75, 3.05) is 6.61 Å². The molecule has 1 aromatic rings. The fraction of sp³-hybridized carbons (Fsp3) is 0.650. The molecule has 1 aromatic carbocycles. The highest BCUT2D eigenvalue weighted by Gasteiger charge is 2.31. The standard InChI is InChI=1S/C20H27ClO2/c1-2-3-11-23-20(22)16-10-9-15-12-18(19(21)13-17(15)16)14-7-5-4-6-8-14/h12-14,16H,2-11H2,1H3. The highest BCUT2D eigenvalue weighted by atomic mass is 35.5. The zero-order chi connectivity index (χ0) is 16.2. The summed E-state index contributed by atoms with van der Waals surface area (Å²) in [5.41, 5.74) is 3.73. The molecule has 0 heterocycles. The number of rotatable bonds is 5. The van der Waals surface area contributed by atoms with E-state index in [2.05, 4.69) is 19.1 Å². The molecule has 0 N–H and O–H groups in total. The number of hydrogen-bond acceptors (Lipinski definition) is 2. The lowest BCUT2D eigenvalue weighted by Gasteiger charge is -2.24. The molecule has 0 spiro atoms. The second-order valence-electron chi connectivity index (χ2n) is 7.02. The van der Waals surface area contributed by atoms with Crippen molar-refractivity contribution in [3.63, 3.8) is 0 Å². The average Bonchev–Trinajstić information content (AvgIpc) is 2.98. The number of aryl methyl sites for hydroxylation is 1. The van der Waals surface area contributed by atoms with Gasteiger partial charge in [0, 0.05) is 5.02 Å². The highest BCUT2D eigenvalue weighted by molar-refractivity contribution is 6.31. The van der Waals surface area contributed by atoms with Crippen LogP contribution in [-0.4, -0.2) is 12.6 Å². The zero-order valence-corrected chi connectivity index (χ0v) is 14.8. The molecule has 1 saturated carbocycles. The van der Waals surface area contributed by atoms with Crippen LogP contribution in [0.4, 0.5) is 0 Å². The molecule has 0 bridgehead atoms. The van der Waals surface area contributed by atoms with E-state index < -0.39 is 0 Å². The monoisotopic (exact) mass is 334 g/mol. The van der Waals surface area contributed by atoms with Crippen molar-refractivity contribution in [3.8, 4) is 0 Å². The van der Waals surface area contributed by atoms with Crippen LogP contribution in [0.2, 0.25) is 5.02 Å². The van der Waals surface area contributed by atoms with E-state index in [9.17, 15) is 4.79 Å². The SMILES string of the molecule is CCCCOC(=O)C1CCc2cc(C3CCCCC3)c(Cl)cc21. The van der Waals surface area contributed by atoms with Crippen LogP contribution in [0.25, 0.3) is 0 Å². The molecule has 0 saturated heterocycles. The van der Waals surface area contributed by atoms with Gasteiger partial charge in [0.15, 0.2) is 0 Å². The van der Waals surface area contributed by atoms with Crippen LogP contribution in [0.3, 0.4) is 0 Å². The van der Waals surface area contributed by atoms with Gasteiger partial charge in [-0.15, -0.1) is 0 Å². The van der Waals surface area contributed by atoms with Crippen molar-refractivity contribution in [2.45, 2.75) is 76.5 Å². The highest BCUT2D eigenvalue weighted by Crippen LogP contribution is 2.42. The van der Waals surface area contributed by atoms with E-state index in [4.69, 9.17) is 16.3 Å². The lowest BCUT2D eigenvalue weighted by Crippen LogP contribution is -2.14. The summed E-state index contributed by atoms with van der Waals surface area (Å²) in [6.45, 7) is 2.64. The van der Waals surface area contributed by atoms with Crippen molar-refractivity contribution >= 4 is 17.6 Å². The molecule has 0 radical (unpaired) electrons. The van der Waals surface area contributed by atoms with Gasteiger partial charge in [-0.05, 0) is 60.8 Å². The van der Waals surface area contributed by atoms with Gasteiger partial charge in [-0.3, -0.25) is 4.79 Å². The van der Waals surface area contributed by atoms with E-state index in [1.54, 1.807) is 0 Å². The average molecular weight is 335 g/mol. The Balaban J connectivity index is 1.75. The summed E-state index contributed by atoms with van der Waals surface area (Å²) in [6.07, 6.45) is 10.3. The lowest BCUT2D eigenvalue weighted by molar-refractivity contribution is -0.145. The van der Waals surface area contributed by atoms with E-state index in [1.165, 1.54) is 43.2 Å². The molecule has 2 nitrogen and oxygen atoms in total. The Morgan fingerprint density at radius 1 is 1.17 bits per heavy atom. The van der Waals surface area contributed by atoms with E-state index in [-0.39, 0.29) is 11.9 Å². The summed E-state index contributed by atoms with van der Waals surface area (Å²) < 4.78 is 5.43. The maximum Gasteiger partial charge on any atom is 0.313 e. The minimum absolute atomic E-state index is 0.0707. The van der Waals surface area contributed by atoms with Crippen LogP contribution >= 0.6 is 11.6 Å². The molecule has 2 aliphatic rings. The first-order valence-corrected chi connectivity index (χ1v) is 9.57. The number of hydrogen-bond donors (Lipinski definition) is 0. The summed E-state index contributed by atoms with van der Waals surface area (Å²) in [4.78, 5) is 12.3. The van der Waals surface area contributed by atoms with Crippen molar-refractivity contribution in [1.82, 2.24) is 0 Å². The molecule has 0 aromatic heterocycles. The van der Waals surface area contributed by atoms with Crippen LogP contribution in [0.5, 0.6) is 0 Å². The quantitative estimate of drug-likeness (QED) is 0.505. The maximum atomic E-state index is 12.3. The van der Waals surface area contributed by atoms with Crippen molar-refractivity contribution in [2.24, 2.45) is 0 Å². The molecule has 3 rings (SSSR count). The van der Waals surface area contributed by atoms with Gasteiger partial charge in [-0.2, -0.15) is 0 Å². The molecule has 1 atom stereocenters. The summed E-state index contributed by atoms with van der Waals surface area (Å²) in [7, 11) is 0. The molecule has 0 aliphatic heterocycles. The van der Waals surface area contributed by atoms with Gasteiger partial charge < -0.3 is 4.74 Å². The van der Waals surface area contributed by atoms with Gasteiger partial charge in [-0.25, -0.2) is 0 Å². The number of ether oxygens (including phenoxy) is 1. The Bertz CT molecular complexity index is 561. The first kappa shape index (κ1) is 16.8. The molecular weight excluding hydrogens is 308 g/mol. The molecule has 1 fully saturated rings.